The van der Waals surface area contributed by atoms with E-state index in [2.05, 4.69) is 5.32 Å². The summed E-state index contributed by atoms with van der Waals surface area (Å²) in [4.78, 5) is 14.9. The molecule has 1 N–H and O–H groups in total. The molecule has 0 aromatic heterocycles. The number of alkyl halides is 6. The molecule has 1 heterocycles. The van der Waals surface area contributed by atoms with Crippen molar-refractivity contribution >= 4 is 6.09 Å². The summed E-state index contributed by atoms with van der Waals surface area (Å²) in [5.41, 5.74) is -2.85. The Balaban J connectivity index is 1.86. The number of amides is 1. The second kappa shape index (κ2) is 11.7. The standard InChI is InChI=1S/C28H33F7N2O2/c1-5-23-14-22(36-16-18-10-19(27(30,31)32)13-20(11-18)28(33,34)35)15-24(12-17-6-8-21(29)9-7-17)37(23)25(38)39-26(2,3)4/h6-11,13,22-24,36H,5,12,14-16H2,1-4H3/t22-,23-,24+/m1/s1. The summed E-state index contributed by atoms with van der Waals surface area (Å²) >= 11 is 0. The number of likely N-dealkylation sites (tertiary alicyclic amines) is 1. The van der Waals surface area contributed by atoms with Gasteiger partial charge in [0, 0.05) is 24.7 Å². The minimum atomic E-state index is -4.93. The highest BCUT2D eigenvalue weighted by atomic mass is 19.4. The van der Waals surface area contributed by atoms with Gasteiger partial charge in [-0.15, -0.1) is 0 Å². The number of benzene rings is 2. The van der Waals surface area contributed by atoms with E-state index in [1.54, 1.807) is 37.8 Å². The first-order chi connectivity index (χ1) is 18.0. The van der Waals surface area contributed by atoms with Crippen LogP contribution in [-0.4, -0.2) is 34.7 Å². The minimum Gasteiger partial charge on any atom is -0.444 e. The number of ether oxygens (including phenoxy) is 1. The van der Waals surface area contributed by atoms with Crippen molar-refractivity contribution in [3.63, 3.8) is 0 Å². The summed E-state index contributed by atoms with van der Waals surface area (Å²) in [5, 5.41) is 3.12. The maximum atomic E-state index is 13.5. The lowest BCUT2D eigenvalue weighted by Crippen LogP contribution is -2.57. The third-order valence-electron chi connectivity index (χ3n) is 6.60. The van der Waals surface area contributed by atoms with E-state index in [1.165, 1.54) is 12.1 Å². The Hall–Kier alpha value is -2.82. The summed E-state index contributed by atoms with van der Waals surface area (Å²) in [6.45, 7) is 6.92. The normalized spacial score (nSPS) is 20.7. The van der Waals surface area contributed by atoms with Crippen molar-refractivity contribution in [1.29, 1.82) is 0 Å². The van der Waals surface area contributed by atoms with Gasteiger partial charge >= 0.3 is 18.4 Å². The van der Waals surface area contributed by atoms with Crippen molar-refractivity contribution in [1.82, 2.24) is 10.2 Å². The van der Waals surface area contributed by atoms with Crippen molar-refractivity contribution < 1.29 is 40.3 Å². The number of rotatable bonds is 6. The first-order valence-electron chi connectivity index (χ1n) is 12.7. The number of hydrogen-bond donors (Lipinski definition) is 1. The third-order valence-corrected chi connectivity index (χ3v) is 6.60. The number of nitrogens with one attached hydrogen (secondary N) is 1. The predicted octanol–water partition coefficient (Wildman–Crippen LogP) is 7.74. The van der Waals surface area contributed by atoms with Gasteiger partial charge in [-0.1, -0.05) is 19.1 Å². The van der Waals surface area contributed by atoms with E-state index in [4.69, 9.17) is 4.74 Å². The molecule has 216 valence electrons. The predicted molar refractivity (Wildman–Crippen MR) is 132 cm³/mol. The molecule has 1 aliphatic rings. The molecule has 3 atom stereocenters. The fourth-order valence-corrected chi connectivity index (χ4v) is 4.88. The Morgan fingerprint density at radius 1 is 0.897 bits per heavy atom. The Kier molecular flexibility index (Phi) is 9.24. The molecule has 11 heteroatoms. The van der Waals surface area contributed by atoms with Gasteiger partial charge in [0.25, 0.3) is 0 Å². The zero-order valence-corrected chi connectivity index (χ0v) is 22.2. The highest BCUT2D eigenvalue weighted by Crippen LogP contribution is 2.37. The second-order valence-electron chi connectivity index (χ2n) is 10.9. The third kappa shape index (κ3) is 8.58. The number of halogens is 7. The Morgan fingerprint density at radius 2 is 1.44 bits per heavy atom. The first kappa shape index (κ1) is 30.7. The summed E-state index contributed by atoms with van der Waals surface area (Å²) in [5.74, 6) is -0.406. The first-order valence-corrected chi connectivity index (χ1v) is 12.7. The molecule has 0 spiro atoms. The molecule has 0 radical (unpaired) electrons. The van der Waals surface area contributed by atoms with Crippen LogP contribution in [0.5, 0.6) is 0 Å². The molecule has 4 nitrogen and oxygen atoms in total. The van der Waals surface area contributed by atoms with Gasteiger partial charge in [0.15, 0.2) is 0 Å². The molecular formula is C28H33F7N2O2. The van der Waals surface area contributed by atoms with Crippen LogP contribution in [0.1, 0.15) is 69.2 Å². The fraction of sp³-hybridized carbons (Fsp3) is 0.536. The van der Waals surface area contributed by atoms with Crippen LogP contribution in [0.4, 0.5) is 35.5 Å². The van der Waals surface area contributed by atoms with Crippen LogP contribution < -0.4 is 5.32 Å². The molecule has 0 aliphatic carbocycles. The maximum absolute atomic E-state index is 13.5. The molecule has 1 amide bonds. The average Bonchev–Trinajstić information content (AvgIpc) is 2.81. The number of piperidine rings is 1. The zero-order valence-electron chi connectivity index (χ0n) is 22.2. The van der Waals surface area contributed by atoms with E-state index in [0.29, 0.717) is 37.8 Å². The molecule has 1 saturated heterocycles. The van der Waals surface area contributed by atoms with Crippen LogP contribution in [-0.2, 0) is 30.1 Å². The van der Waals surface area contributed by atoms with E-state index in [-0.39, 0.29) is 30.3 Å². The van der Waals surface area contributed by atoms with Crippen molar-refractivity contribution in [2.75, 3.05) is 0 Å². The van der Waals surface area contributed by atoms with Gasteiger partial charge in [-0.25, -0.2) is 9.18 Å². The van der Waals surface area contributed by atoms with Crippen LogP contribution in [0.15, 0.2) is 42.5 Å². The van der Waals surface area contributed by atoms with Crippen molar-refractivity contribution in [3.05, 3.63) is 70.5 Å². The lowest BCUT2D eigenvalue weighted by Gasteiger charge is -2.45. The zero-order chi connectivity index (χ0) is 29.2. The molecule has 0 unspecified atom stereocenters. The van der Waals surface area contributed by atoms with Crippen LogP contribution in [0.2, 0.25) is 0 Å². The van der Waals surface area contributed by atoms with Crippen molar-refractivity contribution in [2.45, 2.75) is 96.0 Å². The van der Waals surface area contributed by atoms with Gasteiger partial charge < -0.3 is 15.0 Å². The van der Waals surface area contributed by atoms with Gasteiger partial charge in [-0.05, 0) is 87.9 Å². The molecule has 0 saturated carbocycles. The summed E-state index contributed by atoms with van der Waals surface area (Å²) in [6.07, 6.45) is -8.63. The van der Waals surface area contributed by atoms with Crippen molar-refractivity contribution in [3.8, 4) is 0 Å². The monoisotopic (exact) mass is 562 g/mol. The van der Waals surface area contributed by atoms with Gasteiger partial charge in [-0.2, -0.15) is 26.3 Å². The highest BCUT2D eigenvalue weighted by molar-refractivity contribution is 5.69. The number of carbonyl (C=O) groups excluding carboxylic acids is 1. The minimum absolute atomic E-state index is 0.106. The Morgan fingerprint density at radius 3 is 1.92 bits per heavy atom. The van der Waals surface area contributed by atoms with Gasteiger partial charge in [0.05, 0.1) is 11.1 Å². The van der Waals surface area contributed by atoms with Crippen molar-refractivity contribution in [2.24, 2.45) is 0 Å². The number of nitrogens with zero attached hydrogens (tertiary/aromatic N) is 1. The molecule has 2 aromatic carbocycles. The Labute approximate surface area is 223 Å². The lowest BCUT2D eigenvalue weighted by molar-refractivity contribution is -0.143. The molecular weight excluding hydrogens is 529 g/mol. The van der Waals surface area contributed by atoms with Gasteiger partial charge in [0.2, 0.25) is 0 Å². The van der Waals surface area contributed by atoms with Crippen LogP contribution in [0.3, 0.4) is 0 Å². The van der Waals surface area contributed by atoms with Gasteiger partial charge in [-0.3, -0.25) is 0 Å². The summed E-state index contributed by atoms with van der Waals surface area (Å²) in [7, 11) is 0. The van der Waals surface area contributed by atoms with Crippen LogP contribution >= 0.6 is 0 Å². The van der Waals surface area contributed by atoms with Crippen LogP contribution in [0, 0.1) is 5.82 Å². The fourth-order valence-electron chi connectivity index (χ4n) is 4.88. The van der Waals surface area contributed by atoms with E-state index in [1.807, 2.05) is 6.92 Å². The van der Waals surface area contributed by atoms with E-state index >= 15 is 0 Å². The van der Waals surface area contributed by atoms with Crippen LogP contribution in [0.25, 0.3) is 0 Å². The molecule has 1 fully saturated rings. The molecule has 2 aromatic rings. The topological polar surface area (TPSA) is 41.6 Å². The average molecular weight is 563 g/mol. The lowest BCUT2D eigenvalue weighted by atomic mass is 9.87. The number of carbonyl (C=O) groups is 1. The number of hydrogen-bond acceptors (Lipinski definition) is 3. The molecule has 0 bridgehead atoms. The van der Waals surface area contributed by atoms with E-state index in [0.717, 1.165) is 5.56 Å². The maximum Gasteiger partial charge on any atom is 0.416 e. The second-order valence-corrected chi connectivity index (χ2v) is 10.9. The highest BCUT2D eigenvalue weighted by Gasteiger charge is 2.40. The summed E-state index contributed by atoms with van der Waals surface area (Å²) in [6, 6.07) is 6.40. The Bertz CT molecular complexity index is 1090. The van der Waals surface area contributed by atoms with Gasteiger partial charge in [0.1, 0.15) is 11.4 Å². The summed E-state index contributed by atoms with van der Waals surface area (Å²) < 4.78 is 98.8. The van der Waals surface area contributed by atoms with E-state index < -0.39 is 47.0 Å². The largest absolute Gasteiger partial charge is 0.444 e. The molecule has 3 rings (SSSR count). The van der Waals surface area contributed by atoms with E-state index in [9.17, 15) is 35.5 Å². The SMILES string of the molecule is CC[C@@H]1C[C@@H](NCc2cc(C(F)(F)F)cc(C(F)(F)F)c2)C[C@H](Cc2ccc(F)cc2)N1C(=O)OC(C)(C)C. The quantitative estimate of drug-likeness (QED) is 0.366. The molecule has 1 aliphatic heterocycles. The smallest absolute Gasteiger partial charge is 0.416 e. The molecule has 39 heavy (non-hydrogen) atoms.